The molecule has 0 unspecified atom stereocenters. The molecule has 248 valence electrons. The van der Waals surface area contributed by atoms with Crippen LogP contribution in [0.4, 0.5) is 13.2 Å². The Bertz CT molecular complexity index is 1630. The van der Waals surface area contributed by atoms with Crippen molar-refractivity contribution in [1.29, 1.82) is 0 Å². The van der Waals surface area contributed by atoms with Gasteiger partial charge in [0.05, 0.1) is 11.3 Å². The minimum absolute atomic E-state index is 0.0192. The highest BCUT2D eigenvalue weighted by molar-refractivity contribution is 6.30. The van der Waals surface area contributed by atoms with Crippen molar-refractivity contribution in [3.05, 3.63) is 118 Å². The molecule has 0 aromatic heterocycles. The fraction of sp³-hybridized carbons (Fsp3) is 0.368. The molecule has 1 heterocycles. The summed E-state index contributed by atoms with van der Waals surface area (Å²) in [4.78, 5) is 25.5. The van der Waals surface area contributed by atoms with Gasteiger partial charge >= 0.3 is 6.18 Å². The Morgan fingerprint density at radius 2 is 1.60 bits per heavy atom. The first-order valence-electron chi connectivity index (χ1n) is 16.3. The van der Waals surface area contributed by atoms with Crippen molar-refractivity contribution >= 4 is 23.3 Å². The number of hydrogen-bond donors (Lipinski definition) is 0. The Morgan fingerprint density at radius 1 is 0.915 bits per heavy atom. The first kappa shape index (κ1) is 34.5. The quantitative estimate of drug-likeness (QED) is 0.183. The predicted molar refractivity (Wildman–Crippen MR) is 184 cm³/mol. The molecule has 0 bridgehead atoms. The standard InChI is InChI=1S/C38H42ClF3N4O/c1-4-44(5-2)22-23-45(25-29-12-15-30(16-13-29)31-17-19-32(20-18-31)38(40,41)42)37(47)26-46-35-11-7-10-34(35)27(3)43-36(46)21-14-28-8-6-9-33(39)24-28/h6,8-9,12-13,15-20,24H,3-5,7,10-11,14,21-23,25-26H2,1-2H3. The van der Waals surface area contributed by atoms with E-state index < -0.39 is 11.7 Å². The van der Waals surface area contributed by atoms with Crippen LogP contribution < -0.4 is 0 Å². The Balaban J connectivity index is 1.34. The molecule has 0 radical (unpaired) electrons. The Labute approximate surface area is 281 Å². The van der Waals surface area contributed by atoms with Gasteiger partial charge in [-0.05, 0) is 90.9 Å². The summed E-state index contributed by atoms with van der Waals surface area (Å²) in [7, 11) is 0. The van der Waals surface area contributed by atoms with E-state index in [1.165, 1.54) is 12.1 Å². The number of carbonyl (C=O) groups excluding carboxylic acids is 1. The molecule has 0 saturated heterocycles. The molecule has 3 aromatic rings. The first-order valence-corrected chi connectivity index (χ1v) is 16.7. The molecule has 1 aliphatic carbocycles. The number of benzene rings is 3. The summed E-state index contributed by atoms with van der Waals surface area (Å²) < 4.78 is 39.1. The molecule has 0 N–H and O–H groups in total. The summed E-state index contributed by atoms with van der Waals surface area (Å²) >= 11 is 6.24. The normalized spacial score (nSPS) is 14.9. The van der Waals surface area contributed by atoms with Crippen LogP contribution in [0.1, 0.15) is 56.2 Å². The van der Waals surface area contributed by atoms with Crippen LogP contribution >= 0.6 is 11.6 Å². The van der Waals surface area contributed by atoms with E-state index >= 15 is 0 Å². The van der Waals surface area contributed by atoms with E-state index in [1.807, 2.05) is 47.4 Å². The second kappa shape index (κ2) is 15.3. The van der Waals surface area contributed by atoms with E-state index in [-0.39, 0.29) is 12.5 Å². The lowest BCUT2D eigenvalue weighted by Crippen LogP contribution is -2.45. The van der Waals surface area contributed by atoms with Crippen LogP contribution in [0.5, 0.6) is 0 Å². The van der Waals surface area contributed by atoms with Gasteiger partial charge in [-0.1, -0.05) is 80.6 Å². The van der Waals surface area contributed by atoms with E-state index in [9.17, 15) is 18.0 Å². The van der Waals surface area contributed by atoms with Gasteiger partial charge in [0, 0.05) is 36.8 Å². The van der Waals surface area contributed by atoms with Crippen molar-refractivity contribution in [2.45, 2.75) is 58.7 Å². The second-order valence-electron chi connectivity index (χ2n) is 12.1. The van der Waals surface area contributed by atoms with Crippen molar-refractivity contribution in [3.63, 3.8) is 0 Å². The van der Waals surface area contributed by atoms with Crippen LogP contribution in [-0.4, -0.2) is 59.2 Å². The number of amides is 1. The van der Waals surface area contributed by atoms with Gasteiger partial charge in [0.25, 0.3) is 0 Å². The Kier molecular flexibility index (Phi) is 11.3. The number of alkyl halides is 3. The van der Waals surface area contributed by atoms with Crippen molar-refractivity contribution in [2.24, 2.45) is 4.99 Å². The third kappa shape index (κ3) is 8.73. The van der Waals surface area contributed by atoms with Crippen molar-refractivity contribution in [1.82, 2.24) is 14.7 Å². The highest BCUT2D eigenvalue weighted by atomic mass is 35.5. The SMILES string of the molecule is C=C1N=C(CCc2cccc(Cl)c2)N(CC(=O)N(CCN(CC)CC)Cc2ccc(-c3ccc(C(F)(F)F)cc3)cc2)C2=C1CCC2. The summed E-state index contributed by atoms with van der Waals surface area (Å²) in [5.41, 5.74) is 6.03. The maximum Gasteiger partial charge on any atom is 0.416 e. The van der Waals surface area contributed by atoms with Crippen molar-refractivity contribution in [3.8, 4) is 11.1 Å². The Hall–Kier alpha value is -3.88. The molecule has 47 heavy (non-hydrogen) atoms. The minimum atomic E-state index is -4.37. The number of allylic oxidation sites excluding steroid dienone is 2. The molecule has 3 aromatic carbocycles. The van der Waals surface area contributed by atoms with E-state index in [0.29, 0.717) is 30.1 Å². The van der Waals surface area contributed by atoms with Gasteiger partial charge in [-0.3, -0.25) is 4.79 Å². The lowest BCUT2D eigenvalue weighted by molar-refractivity contribution is -0.137. The average Bonchev–Trinajstić information content (AvgIpc) is 3.56. The maximum atomic E-state index is 14.2. The van der Waals surface area contributed by atoms with Gasteiger partial charge < -0.3 is 14.7 Å². The molecule has 5 rings (SSSR count). The van der Waals surface area contributed by atoms with Gasteiger partial charge in [-0.25, -0.2) is 4.99 Å². The average molecular weight is 663 g/mol. The predicted octanol–water partition coefficient (Wildman–Crippen LogP) is 8.99. The third-order valence-electron chi connectivity index (χ3n) is 9.06. The molecular formula is C38H42ClF3N4O. The fourth-order valence-corrected chi connectivity index (χ4v) is 6.52. The number of aryl methyl sites for hydroxylation is 1. The van der Waals surface area contributed by atoms with E-state index in [1.54, 1.807) is 0 Å². The van der Waals surface area contributed by atoms with Gasteiger partial charge in [-0.15, -0.1) is 0 Å². The molecular weight excluding hydrogens is 621 g/mol. The maximum absolute atomic E-state index is 14.2. The smallest absolute Gasteiger partial charge is 0.336 e. The molecule has 9 heteroatoms. The number of carbonyl (C=O) groups is 1. The Morgan fingerprint density at radius 3 is 2.23 bits per heavy atom. The van der Waals surface area contributed by atoms with E-state index in [2.05, 4.69) is 36.3 Å². The van der Waals surface area contributed by atoms with E-state index in [4.69, 9.17) is 16.6 Å². The zero-order valence-electron chi connectivity index (χ0n) is 27.1. The first-order chi connectivity index (χ1) is 22.5. The van der Waals surface area contributed by atoms with E-state index in [0.717, 1.165) is 96.9 Å². The number of halogens is 4. The molecule has 0 atom stereocenters. The van der Waals surface area contributed by atoms with Crippen LogP contribution in [0, 0.1) is 0 Å². The van der Waals surface area contributed by atoms with Gasteiger partial charge in [0.1, 0.15) is 12.4 Å². The number of aliphatic imine (C=N–C) groups is 1. The lowest BCUT2D eigenvalue weighted by Gasteiger charge is -2.34. The van der Waals surface area contributed by atoms with Crippen LogP contribution in [0.15, 0.2) is 101 Å². The lowest BCUT2D eigenvalue weighted by atomic mass is 10.0. The molecule has 1 aliphatic heterocycles. The molecule has 0 spiro atoms. The highest BCUT2D eigenvalue weighted by Gasteiger charge is 2.32. The van der Waals surface area contributed by atoms with Crippen LogP contribution in [-0.2, 0) is 23.9 Å². The number of rotatable bonds is 13. The van der Waals surface area contributed by atoms with Crippen LogP contribution in [0.2, 0.25) is 5.02 Å². The fourth-order valence-electron chi connectivity index (χ4n) is 6.31. The van der Waals surface area contributed by atoms with Gasteiger partial charge in [-0.2, -0.15) is 13.2 Å². The number of amidine groups is 1. The molecule has 0 saturated carbocycles. The summed E-state index contributed by atoms with van der Waals surface area (Å²) in [6, 6.07) is 20.7. The van der Waals surface area contributed by atoms with Crippen molar-refractivity contribution in [2.75, 3.05) is 32.7 Å². The number of likely N-dealkylation sites (N-methyl/N-ethyl adjacent to an activating group) is 1. The summed E-state index contributed by atoms with van der Waals surface area (Å²) in [5, 5.41) is 0.696. The molecule has 0 fully saturated rings. The van der Waals surface area contributed by atoms with Crippen molar-refractivity contribution < 1.29 is 18.0 Å². The minimum Gasteiger partial charge on any atom is -0.336 e. The summed E-state index contributed by atoms with van der Waals surface area (Å²) in [5.74, 6) is 0.874. The zero-order chi connectivity index (χ0) is 33.6. The van der Waals surface area contributed by atoms with Gasteiger partial charge in [0.2, 0.25) is 5.91 Å². The number of nitrogens with zero attached hydrogens (tertiary/aromatic N) is 4. The van der Waals surface area contributed by atoms with Gasteiger partial charge in [0.15, 0.2) is 0 Å². The highest BCUT2D eigenvalue weighted by Crippen LogP contribution is 2.38. The monoisotopic (exact) mass is 662 g/mol. The third-order valence-corrected chi connectivity index (χ3v) is 9.30. The zero-order valence-corrected chi connectivity index (χ0v) is 27.9. The molecule has 2 aliphatic rings. The second-order valence-corrected chi connectivity index (χ2v) is 12.5. The van der Waals surface area contributed by atoms with Crippen LogP contribution in [0.25, 0.3) is 11.1 Å². The topological polar surface area (TPSA) is 39.2 Å². The van der Waals surface area contributed by atoms with Crippen LogP contribution in [0.3, 0.4) is 0 Å². The summed E-state index contributed by atoms with van der Waals surface area (Å²) in [6.45, 7) is 12.2. The molecule has 1 amide bonds. The summed E-state index contributed by atoms with van der Waals surface area (Å²) in [6.07, 6.45) is -0.137. The largest absolute Gasteiger partial charge is 0.416 e. The molecule has 5 nitrogen and oxygen atoms in total. The number of hydrogen-bond acceptors (Lipinski definition) is 4.